The summed E-state index contributed by atoms with van der Waals surface area (Å²) in [6, 6.07) is 8.08. The lowest BCUT2D eigenvalue weighted by molar-refractivity contribution is 0.547. The van der Waals surface area contributed by atoms with Crippen LogP contribution in [0.5, 0.6) is 0 Å². The van der Waals surface area contributed by atoms with Crippen molar-refractivity contribution >= 4 is 10.9 Å². The van der Waals surface area contributed by atoms with Gasteiger partial charge in [-0.1, -0.05) is 18.2 Å². The molecule has 0 spiro atoms. The van der Waals surface area contributed by atoms with Crippen molar-refractivity contribution in [3.8, 4) is 11.8 Å². The van der Waals surface area contributed by atoms with Crippen LogP contribution in [0, 0.1) is 11.8 Å². The van der Waals surface area contributed by atoms with Crippen LogP contribution in [-0.2, 0) is 7.05 Å². The van der Waals surface area contributed by atoms with Crippen LogP contribution in [0.25, 0.3) is 10.9 Å². The van der Waals surface area contributed by atoms with E-state index in [1.54, 1.807) is 0 Å². The first-order chi connectivity index (χ1) is 8.27. The molecule has 0 fully saturated rings. The van der Waals surface area contributed by atoms with Crippen molar-refractivity contribution in [3.05, 3.63) is 30.0 Å². The summed E-state index contributed by atoms with van der Waals surface area (Å²) in [5.41, 5.74) is 4.84. The lowest BCUT2D eigenvalue weighted by atomic mass is 10.1. The molecule has 2 aromatic rings. The van der Waals surface area contributed by atoms with Gasteiger partial charge in [-0.05, 0) is 13.0 Å². The number of nitrogens with one attached hydrogen (secondary N) is 1. The summed E-state index contributed by atoms with van der Waals surface area (Å²) < 4.78 is 1.87. The van der Waals surface area contributed by atoms with E-state index in [1.807, 2.05) is 36.9 Å². The quantitative estimate of drug-likeness (QED) is 0.475. The smallest absolute Gasteiger partial charge is 0.0895 e. The highest BCUT2D eigenvalue weighted by molar-refractivity contribution is 5.82. The first-order valence-electron chi connectivity index (χ1n) is 5.55. The summed E-state index contributed by atoms with van der Waals surface area (Å²) in [5, 5.41) is 5.64. The molecule has 0 saturated carbocycles. The molecule has 0 saturated heterocycles. The van der Waals surface area contributed by atoms with E-state index in [1.165, 1.54) is 0 Å². The number of aryl methyl sites for hydroxylation is 1. The van der Waals surface area contributed by atoms with Gasteiger partial charge in [0.15, 0.2) is 0 Å². The monoisotopic (exact) mass is 228 g/mol. The topological polar surface area (TPSA) is 55.9 Å². The molecule has 0 aliphatic heterocycles. The van der Waals surface area contributed by atoms with E-state index in [2.05, 4.69) is 28.4 Å². The highest BCUT2D eigenvalue weighted by Gasteiger charge is 2.16. The van der Waals surface area contributed by atoms with Gasteiger partial charge in [0.1, 0.15) is 0 Å². The van der Waals surface area contributed by atoms with E-state index in [-0.39, 0.29) is 6.04 Å². The predicted octanol–water partition coefficient (Wildman–Crippen LogP) is 1.49. The maximum atomic E-state index is 5.58. The molecule has 88 valence electrons. The van der Waals surface area contributed by atoms with Crippen LogP contribution in [0.1, 0.15) is 25.1 Å². The molecule has 3 N–H and O–H groups in total. The van der Waals surface area contributed by atoms with Crippen molar-refractivity contribution in [3.63, 3.8) is 0 Å². The molecule has 1 aromatic heterocycles. The van der Waals surface area contributed by atoms with Gasteiger partial charge in [0, 0.05) is 18.9 Å². The first-order valence-corrected chi connectivity index (χ1v) is 5.55. The number of hydrogen-bond donors (Lipinski definition) is 2. The predicted molar refractivity (Wildman–Crippen MR) is 68.8 cm³/mol. The minimum absolute atomic E-state index is 0.0338. The number of hydrogen-bond acceptors (Lipinski definition) is 3. The van der Waals surface area contributed by atoms with E-state index in [0.29, 0.717) is 6.42 Å². The molecule has 0 aliphatic rings. The zero-order chi connectivity index (χ0) is 12.3. The molecule has 17 heavy (non-hydrogen) atoms. The molecule has 0 radical (unpaired) electrons. The maximum absolute atomic E-state index is 5.58. The van der Waals surface area contributed by atoms with Crippen molar-refractivity contribution in [1.29, 1.82) is 0 Å². The largest absolute Gasteiger partial charge is 0.271 e. The lowest BCUT2D eigenvalue weighted by Crippen LogP contribution is -2.28. The van der Waals surface area contributed by atoms with E-state index in [9.17, 15) is 0 Å². The van der Waals surface area contributed by atoms with Crippen molar-refractivity contribution < 1.29 is 0 Å². The molecule has 1 unspecified atom stereocenters. The molecular weight excluding hydrogens is 212 g/mol. The molecule has 0 bridgehead atoms. The van der Waals surface area contributed by atoms with Gasteiger partial charge in [-0.3, -0.25) is 16.0 Å². The van der Waals surface area contributed by atoms with Gasteiger partial charge in [-0.25, -0.2) is 0 Å². The Bertz CT molecular complexity index is 574. The fourth-order valence-corrected chi connectivity index (χ4v) is 1.94. The Morgan fingerprint density at radius 3 is 2.94 bits per heavy atom. The molecule has 1 atom stereocenters. The van der Waals surface area contributed by atoms with Crippen LogP contribution >= 0.6 is 0 Å². The molecule has 1 aromatic carbocycles. The third-order valence-electron chi connectivity index (χ3n) is 2.80. The Morgan fingerprint density at radius 2 is 2.24 bits per heavy atom. The Hall–Kier alpha value is -1.83. The molecule has 4 nitrogen and oxygen atoms in total. The Balaban J connectivity index is 2.48. The van der Waals surface area contributed by atoms with Crippen molar-refractivity contribution in [2.24, 2.45) is 12.9 Å². The first kappa shape index (κ1) is 11.6. The SMILES string of the molecule is CC#CCC(NN)c1nn(C)c2ccccc12. The number of hydrazine groups is 1. The van der Waals surface area contributed by atoms with Crippen LogP contribution in [0.4, 0.5) is 0 Å². The number of aromatic nitrogens is 2. The van der Waals surface area contributed by atoms with Gasteiger partial charge in [0.2, 0.25) is 0 Å². The summed E-state index contributed by atoms with van der Waals surface area (Å²) in [5.74, 6) is 11.5. The Morgan fingerprint density at radius 1 is 1.47 bits per heavy atom. The molecule has 0 aliphatic carbocycles. The molecule has 4 heteroatoms. The number of fused-ring (bicyclic) bond motifs is 1. The van der Waals surface area contributed by atoms with Gasteiger partial charge in [0.05, 0.1) is 17.3 Å². The number of rotatable bonds is 3. The second kappa shape index (κ2) is 5.00. The van der Waals surface area contributed by atoms with Crippen LogP contribution in [0.2, 0.25) is 0 Å². The van der Waals surface area contributed by atoms with E-state index >= 15 is 0 Å². The van der Waals surface area contributed by atoms with Crippen molar-refractivity contribution in [1.82, 2.24) is 15.2 Å². The lowest BCUT2D eigenvalue weighted by Gasteiger charge is -2.10. The fraction of sp³-hybridized carbons (Fsp3) is 0.308. The van der Waals surface area contributed by atoms with Crippen LogP contribution in [0.3, 0.4) is 0 Å². The highest BCUT2D eigenvalue weighted by Crippen LogP contribution is 2.24. The molecule has 1 heterocycles. The Kier molecular flexibility index (Phi) is 3.43. The maximum Gasteiger partial charge on any atom is 0.0895 e. The normalized spacial score (nSPS) is 12.2. The summed E-state index contributed by atoms with van der Waals surface area (Å²) >= 11 is 0. The minimum Gasteiger partial charge on any atom is -0.271 e. The van der Waals surface area contributed by atoms with Crippen molar-refractivity contribution in [2.75, 3.05) is 0 Å². The average Bonchev–Trinajstić information content (AvgIpc) is 2.69. The average molecular weight is 228 g/mol. The third-order valence-corrected chi connectivity index (χ3v) is 2.80. The second-order valence-corrected chi connectivity index (χ2v) is 3.88. The van der Waals surface area contributed by atoms with Gasteiger partial charge in [-0.15, -0.1) is 11.8 Å². The zero-order valence-electron chi connectivity index (χ0n) is 10.1. The van der Waals surface area contributed by atoms with E-state index < -0.39 is 0 Å². The van der Waals surface area contributed by atoms with E-state index in [4.69, 9.17) is 5.84 Å². The van der Waals surface area contributed by atoms with Crippen LogP contribution in [-0.4, -0.2) is 9.78 Å². The third kappa shape index (κ3) is 2.16. The molecule has 0 amide bonds. The summed E-state index contributed by atoms with van der Waals surface area (Å²) in [6.45, 7) is 1.82. The second-order valence-electron chi connectivity index (χ2n) is 3.88. The van der Waals surface area contributed by atoms with Crippen LogP contribution in [0.15, 0.2) is 24.3 Å². The number of para-hydroxylation sites is 1. The number of nitrogens with two attached hydrogens (primary N) is 1. The zero-order valence-corrected chi connectivity index (χ0v) is 10.1. The van der Waals surface area contributed by atoms with Gasteiger partial charge < -0.3 is 0 Å². The van der Waals surface area contributed by atoms with Gasteiger partial charge >= 0.3 is 0 Å². The van der Waals surface area contributed by atoms with Crippen molar-refractivity contribution in [2.45, 2.75) is 19.4 Å². The summed E-state index contributed by atoms with van der Waals surface area (Å²) in [4.78, 5) is 0. The van der Waals surface area contributed by atoms with E-state index in [0.717, 1.165) is 16.6 Å². The fourth-order valence-electron chi connectivity index (χ4n) is 1.94. The van der Waals surface area contributed by atoms with Gasteiger partial charge in [-0.2, -0.15) is 5.10 Å². The summed E-state index contributed by atoms with van der Waals surface area (Å²) in [6.07, 6.45) is 0.661. The number of benzene rings is 1. The standard InChI is InChI=1S/C13H16N4/c1-3-4-8-11(15-14)13-10-7-5-6-9-12(10)17(2)16-13/h5-7,9,11,15H,8,14H2,1-2H3. The molecular formula is C13H16N4. The highest BCUT2D eigenvalue weighted by atomic mass is 15.3. The van der Waals surface area contributed by atoms with Crippen LogP contribution < -0.4 is 11.3 Å². The number of nitrogens with zero attached hydrogens (tertiary/aromatic N) is 2. The van der Waals surface area contributed by atoms with Gasteiger partial charge in [0.25, 0.3) is 0 Å². The Labute approximate surface area is 101 Å². The minimum atomic E-state index is -0.0338. The molecule has 2 rings (SSSR count). The summed E-state index contributed by atoms with van der Waals surface area (Å²) in [7, 11) is 1.94.